The van der Waals surface area contributed by atoms with Crippen molar-refractivity contribution in [2.75, 3.05) is 5.32 Å². The highest BCUT2D eigenvalue weighted by molar-refractivity contribution is 9.10. The Morgan fingerprint density at radius 3 is 2.77 bits per heavy atom. The molecule has 0 radical (unpaired) electrons. The van der Waals surface area contributed by atoms with Crippen LogP contribution in [0.4, 0.5) is 14.9 Å². The third-order valence-electron chi connectivity index (χ3n) is 1.31. The molecular formula is C7H7BrFN3O. The lowest BCUT2D eigenvalue weighted by molar-refractivity contribution is 0.252. The number of anilines is 1. The van der Waals surface area contributed by atoms with Gasteiger partial charge in [-0.15, -0.1) is 0 Å². The molecule has 4 N–H and O–H groups in total. The number of halogens is 2. The van der Waals surface area contributed by atoms with Gasteiger partial charge in [0.15, 0.2) is 0 Å². The summed E-state index contributed by atoms with van der Waals surface area (Å²) in [5, 5.41) is 2.32. The summed E-state index contributed by atoms with van der Waals surface area (Å²) in [4.78, 5) is 10.7. The van der Waals surface area contributed by atoms with Crippen molar-refractivity contribution in [1.29, 1.82) is 0 Å². The Morgan fingerprint density at radius 1 is 1.54 bits per heavy atom. The Labute approximate surface area is 82.4 Å². The number of nitrogens with one attached hydrogen (secondary N) is 2. The second-order valence-electron chi connectivity index (χ2n) is 2.23. The number of amides is 2. The first-order valence-electron chi connectivity index (χ1n) is 3.36. The SMILES string of the molecule is NNC(=O)Nc1ccc(Br)c(F)c1. The van der Waals surface area contributed by atoms with E-state index in [4.69, 9.17) is 5.84 Å². The smallest absolute Gasteiger partial charge is 0.307 e. The van der Waals surface area contributed by atoms with Gasteiger partial charge in [-0.3, -0.25) is 5.43 Å². The zero-order valence-electron chi connectivity index (χ0n) is 6.47. The Hall–Kier alpha value is -1.14. The van der Waals surface area contributed by atoms with E-state index in [0.717, 1.165) is 0 Å². The highest BCUT2D eigenvalue weighted by atomic mass is 79.9. The number of carbonyl (C=O) groups is 1. The molecule has 70 valence electrons. The van der Waals surface area contributed by atoms with Crippen LogP contribution < -0.4 is 16.6 Å². The highest BCUT2D eigenvalue weighted by Crippen LogP contribution is 2.18. The number of hydrogen-bond acceptors (Lipinski definition) is 2. The lowest BCUT2D eigenvalue weighted by atomic mass is 10.3. The number of urea groups is 1. The van der Waals surface area contributed by atoms with Crippen molar-refractivity contribution in [2.24, 2.45) is 5.84 Å². The van der Waals surface area contributed by atoms with E-state index < -0.39 is 11.8 Å². The second kappa shape index (κ2) is 4.20. The predicted octanol–water partition coefficient (Wildman–Crippen LogP) is 1.58. The van der Waals surface area contributed by atoms with Gasteiger partial charge in [0.05, 0.1) is 4.47 Å². The lowest BCUT2D eigenvalue weighted by Gasteiger charge is -2.04. The fraction of sp³-hybridized carbons (Fsp3) is 0. The van der Waals surface area contributed by atoms with Gasteiger partial charge in [-0.25, -0.2) is 15.0 Å². The third kappa shape index (κ3) is 2.67. The molecule has 13 heavy (non-hydrogen) atoms. The van der Waals surface area contributed by atoms with Gasteiger partial charge in [-0.1, -0.05) is 0 Å². The number of carbonyl (C=O) groups excluding carboxylic acids is 1. The van der Waals surface area contributed by atoms with Gasteiger partial charge >= 0.3 is 6.03 Å². The largest absolute Gasteiger partial charge is 0.333 e. The van der Waals surface area contributed by atoms with Crippen LogP contribution in [-0.2, 0) is 0 Å². The molecule has 0 aliphatic rings. The number of benzene rings is 1. The maximum atomic E-state index is 12.9. The zero-order chi connectivity index (χ0) is 9.84. The average molecular weight is 248 g/mol. The first-order valence-corrected chi connectivity index (χ1v) is 4.15. The van der Waals surface area contributed by atoms with Crippen molar-refractivity contribution < 1.29 is 9.18 Å². The van der Waals surface area contributed by atoms with E-state index in [2.05, 4.69) is 21.2 Å². The molecular weight excluding hydrogens is 241 g/mol. The number of hydrogen-bond donors (Lipinski definition) is 3. The van der Waals surface area contributed by atoms with Crippen LogP contribution in [0.2, 0.25) is 0 Å². The molecule has 0 aliphatic heterocycles. The molecule has 6 heteroatoms. The van der Waals surface area contributed by atoms with Crippen LogP contribution in [0.3, 0.4) is 0 Å². The summed E-state index contributed by atoms with van der Waals surface area (Å²) in [7, 11) is 0. The van der Waals surface area contributed by atoms with Crippen LogP contribution in [0.15, 0.2) is 22.7 Å². The second-order valence-corrected chi connectivity index (χ2v) is 3.08. The van der Waals surface area contributed by atoms with Crippen molar-refractivity contribution in [3.8, 4) is 0 Å². The van der Waals surface area contributed by atoms with Crippen molar-refractivity contribution in [3.05, 3.63) is 28.5 Å². The summed E-state index contributed by atoms with van der Waals surface area (Å²) >= 11 is 2.98. The molecule has 0 aliphatic carbocycles. The first-order chi connectivity index (χ1) is 6.13. The van der Waals surface area contributed by atoms with Gasteiger partial charge in [-0.2, -0.15) is 0 Å². The van der Waals surface area contributed by atoms with Gasteiger partial charge in [-0.05, 0) is 34.1 Å². The minimum atomic E-state index is -0.596. The maximum Gasteiger partial charge on any atom is 0.333 e. The van der Waals surface area contributed by atoms with Crippen molar-refractivity contribution in [1.82, 2.24) is 5.43 Å². The maximum absolute atomic E-state index is 12.9. The molecule has 1 aromatic rings. The molecule has 0 aromatic heterocycles. The molecule has 0 unspecified atom stereocenters. The standard InChI is InChI=1S/C7H7BrFN3O/c8-5-2-1-4(3-6(5)9)11-7(13)12-10/h1-3H,10H2,(H2,11,12,13). The number of hydrazine groups is 1. The number of rotatable bonds is 1. The molecule has 0 saturated carbocycles. The van der Waals surface area contributed by atoms with Crippen molar-refractivity contribution in [3.63, 3.8) is 0 Å². The van der Waals surface area contributed by atoms with Gasteiger partial charge in [0.25, 0.3) is 0 Å². The molecule has 0 heterocycles. The van der Waals surface area contributed by atoms with E-state index in [1.807, 2.05) is 5.43 Å². The van der Waals surface area contributed by atoms with Crippen LogP contribution in [0.1, 0.15) is 0 Å². The van der Waals surface area contributed by atoms with E-state index in [1.54, 1.807) is 6.07 Å². The molecule has 2 amide bonds. The molecule has 0 fully saturated rings. The van der Waals surface area contributed by atoms with Crippen molar-refractivity contribution in [2.45, 2.75) is 0 Å². The van der Waals surface area contributed by atoms with Crippen LogP contribution in [0.25, 0.3) is 0 Å². The highest BCUT2D eigenvalue weighted by Gasteiger charge is 2.02. The Bertz CT molecular complexity index is 332. The van der Waals surface area contributed by atoms with Crippen LogP contribution in [0, 0.1) is 5.82 Å². The quantitative estimate of drug-likeness (QED) is 0.401. The summed E-state index contributed by atoms with van der Waals surface area (Å²) in [6.45, 7) is 0. The number of nitrogens with two attached hydrogens (primary N) is 1. The van der Waals surface area contributed by atoms with Crippen LogP contribution in [-0.4, -0.2) is 6.03 Å². The molecule has 0 saturated heterocycles. The molecule has 1 aromatic carbocycles. The Morgan fingerprint density at radius 2 is 2.23 bits per heavy atom. The Kier molecular flexibility index (Phi) is 3.21. The summed E-state index contributed by atoms with van der Waals surface area (Å²) in [6.07, 6.45) is 0. The van der Waals surface area contributed by atoms with Gasteiger partial charge < -0.3 is 5.32 Å². The van der Waals surface area contributed by atoms with Gasteiger partial charge in [0.1, 0.15) is 5.82 Å². The van der Waals surface area contributed by atoms with E-state index in [1.165, 1.54) is 12.1 Å². The summed E-state index contributed by atoms with van der Waals surface area (Å²) in [6, 6.07) is 3.62. The van der Waals surface area contributed by atoms with E-state index in [9.17, 15) is 9.18 Å². The fourth-order valence-electron chi connectivity index (χ4n) is 0.741. The van der Waals surface area contributed by atoms with Crippen LogP contribution in [0.5, 0.6) is 0 Å². The summed E-state index contributed by atoms with van der Waals surface area (Å²) < 4.78 is 13.2. The minimum Gasteiger partial charge on any atom is -0.307 e. The molecule has 0 bridgehead atoms. The monoisotopic (exact) mass is 247 g/mol. The van der Waals surface area contributed by atoms with Crippen molar-refractivity contribution >= 4 is 27.6 Å². The fourth-order valence-corrected chi connectivity index (χ4v) is 0.988. The van der Waals surface area contributed by atoms with E-state index in [-0.39, 0.29) is 0 Å². The topological polar surface area (TPSA) is 67.1 Å². The molecule has 0 spiro atoms. The third-order valence-corrected chi connectivity index (χ3v) is 1.95. The molecule has 0 atom stereocenters. The zero-order valence-corrected chi connectivity index (χ0v) is 8.06. The lowest BCUT2D eigenvalue weighted by Crippen LogP contribution is -2.34. The minimum absolute atomic E-state index is 0.337. The van der Waals surface area contributed by atoms with E-state index in [0.29, 0.717) is 10.2 Å². The van der Waals surface area contributed by atoms with E-state index >= 15 is 0 Å². The first kappa shape index (κ1) is 9.94. The van der Waals surface area contributed by atoms with Crippen LogP contribution >= 0.6 is 15.9 Å². The summed E-state index contributed by atoms with van der Waals surface area (Å²) in [5.41, 5.74) is 2.20. The molecule has 1 rings (SSSR count). The normalized spacial score (nSPS) is 9.46. The predicted molar refractivity (Wildman–Crippen MR) is 50.4 cm³/mol. The average Bonchev–Trinajstić information content (AvgIpc) is 2.11. The molecule has 4 nitrogen and oxygen atoms in total. The van der Waals surface area contributed by atoms with Gasteiger partial charge in [0.2, 0.25) is 0 Å². The summed E-state index contributed by atoms with van der Waals surface area (Å²) in [5.74, 6) is 4.37. The Balaban J connectivity index is 2.79. The van der Waals surface area contributed by atoms with Gasteiger partial charge in [0, 0.05) is 5.69 Å².